The first-order valence-corrected chi connectivity index (χ1v) is 7.05. The maximum atomic E-state index is 4.19. The van der Waals surface area contributed by atoms with Crippen LogP contribution in [-0.4, -0.2) is 10.2 Å². The van der Waals surface area contributed by atoms with Gasteiger partial charge >= 0.3 is 0 Å². The summed E-state index contributed by atoms with van der Waals surface area (Å²) in [6.45, 7) is 7.24. The zero-order valence-corrected chi connectivity index (χ0v) is 11.9. The lowest BCUT2D eigenvalue weighted by Crippen LogP contribution is -2.35. The van der Waals surface area contributed by atoms with Crippen LogP contribution in [0.1, 0.15) is 36.3 Å². The summed E-state index contributed by atoms with van der Waals surface area (Å²) in [5.74, 6) is 0. The molecule has 2 aromatic rings. The maximum absolute atomic E-state index is 4.19. The molecule has 0 bridgehead atoms. The third-order valence-electron chi connectivity index (χ3n) is 2.99. The fourth-order valence-electron chi connectivity index (χ4n) is 1.76. The number of nitrogens with zero attached hydrogens (tertiary/aromatic N) is 2. The van der Waals surface area contributed by atoms with Crippen LogP contribution in [0.5, 0.6) is 0 Å². The Labute approximate surface area is 112 Å². The summed E-state index contributed by atoms with van der Waals surface area (Å²) in [6, 6.07) is 10.5. The minimum atomic E-state index is -0.0562. The van der Waals surface area contributed by atoms with Crippen LogP contribution in [-0.2, 0) is 18.5 Å². The smallest absolute Gasteiger partial charge is 0.131 e. The third-order valence-corrected chi connectivity index (χ3v) is 4.06. The van der Waals surface area contributed by atoms with Crippen LogP contribution >= 0.6 is 11.3 Å². The Kier molecular flexibility index (Phi) is 4.09. The lowest BCUT2D eigenvalue weighted by Gasteiger charge is -2.26. The highest BCUT2D eigenvalue weighted by molar-refractivity contribution is 7.11. The van der Waals surface area contributed by atoms with Crippen molar-refractivity contribution in [2.45, 2.75) is 39.3 Å². The molecule has 0 aliphatic rings. The first-order valence-electron chi connectivity index (χ1n) is 6.23. The van der Waals surface area contributed by atoms with Crippen molar-refractivity contribution in [2.24, 2.45) is 0 Å². The number of aryl methyl sites for hydroxylation is 1. The second-order valence-corrected chi connectivity index (χ2v) is 5.93. The Morgan fingerprint density at radius 3 is 2.39 bits per heavy atom. The van der Waals surface area contributed by atoms with Gasteiger partial charge in [-0.05, 0) is 25.8 Å². The summed E-state index contributed by atoms with van der Waals surface area (Å²) in [5, 5.41) is 14.0. The highest BCUT2D eigenvalue weighted by Gasteiger charge is 2.19. The van der Waals surface area contributed by atoms with Crippen LogP contribution in [0.2, 0.25) is 0 Å². The van der Waals surface area contributed by atoms with Crippen molar-refractivity contribution in [1.82, 2.24) is 15.5 Å². The van der Waals surface area contributed by atoms with Gasteiger partial charge in [-0.15, -0.1) is 21.5 Å². The van der Waals surface area contributed by atoms with Crippen molar-refractivity contribution < 1.29 is 0 Å². The van der Waals surface area contributed by atoms with Crippen molar-refractivity contribution in [3.63, 3.8) is 0 Å². The quantitative estimate of drug-likeness (QED) is 0.898. The van der Waals surface area contributed by atoms with Crippen LogP contribution in [0.25, 0.3) is 0 Å². The fraction of sp³-hybridized carbons (Fsp3) is 0.429. The molecule has 0 aliphatic carbocycles. The average molecular weight is 261 g/mol. The van der Waals surface area contributed by atoms with Crippen molar-refractivity contribution in [3.05, 3.63) is 45.9 Å². The van der Waals surface area contributed by atoms with E-state index >= 15 is 0 Å². The van der Waals surface area contributed by atoms with Crippen LogP contribution < -0.4 is 5.32 Å². The molecule has 0 amide bonds. The average Bonchev–Trinajstić information content (AvgIpc) is 2.86. The molecule has 0 radical (unpaired) electrons. The van der Waals surface area contributed by atoms with Gasteiger partial charge in [-0.1, -0.05) is 37.3 Å². The summed E-state index contributed by atoms with van der Waals surface area (Å²) in [7, 11) is 0. The van der Waals surface area contributed by atoms with E-state index in [1.807, 2.05) is 6.07 Å². The largest absolute Gasteiger partial charge is 0.301 e. The predicted molar refractivity (Wildman–Crippen MR) is 75.6 cm³/mol. The Bertz CT molecular complexity index is 491. The van der Waals surface area contributed by atoms with E-state index < -0.39 is 0 Å². The molecule has 1 aromatic carbocycles. The topological polar surface area (TPSA) is 37.8 Å². The van der Waals surface area contributed by atoms with E-state index in [9.17, 15) is 0 Å². The van der Waals surface area contributed by atoms with Gasteiger partial charge in [-0.3, -0.25) is 0 Å². The van der Waals surface area contributed by atoms with Gasteiger partial charge < -0.3 is 5.32 Å². The first kappa shape index (κ1) is 13.2. The molecule has 1 N–H and O–H groups in total. The fourth-order valence-corrected chi connectivity index (χ4v) is 2.48. The standard InChI is InChI=1S/C14H19N3S/c1-4-12-16-17-13(18-12)10-15-14(2,3)11-8-6-5-7-9-11/h5-9,15H,4,10H2,1-3H3. The van der Waals surface area contributed by atoms with E-state index in [1.165, 1.54) is 5.56 Å². The lowest BCUT2D eigenvalue weighted by molar-refractivity contribution is 0.400. The Morgan fingerprint density at radius 1 is 1.11 bits per heavy atom. The third kappa shape index (κ3) is 3.15. The van der Waals surface area contributed by atoms with Gasteiger partial charge in [0, 0.05) is 5.54 Å². The molecule has 1 aromatic heterocycles. The molecule has 4 heteroatoms. The summed E-state index contributed by atoms with van der Waals surface area (Å²) >= 11 is 1.68. The summed E-state index contributed by atoms with van der Waals surface area (Å²) < 4.78 is 0. The SMILES string of the molecule is CCc1nnc(CNC(C)(C)c2ccccc2)s1. The van der Waals surface area contributed by atoms with Gasteiger partial charge in [-0.25, -0.2) is 0 Å². The molecule has 0 aliphatic heterocycles. The van der Waals surface area contributed by atoms with Gasteiger partial charge in [0.1, 0.15) is 10.0 Å². The van der Waals surface area contributed by atoms with Gasteiger partial charge in [-0.2, -0.15) is 0 Å². The number of rotatable bonds is 5. The normalized spacial score (nSPS) is 11.7. The zero-order valence-electron chi connectivity index (χ0n) is 11.1. The molecule has 3 nitrogen and oxygen atoms in total. The van der Waals surface area contributed by atoms with Crippen molar-refractivity contribution in [2.75, 3.05) is 0 Å². The Morgan fingerprint density at radius 2 is 1.78 bits per heavy atom. The number of aromatic nitrogens is 2. The van der Waals surface area contributed by atoms with Gasteiger partial charge in [0.15, 0.2) is 0 Å². The number of hydrogen-bond donors (Lipinski definition) is 1. The van der Waals surface area contributed by atoms with E-state index in [0.717, 1.165) is 23.0 Å². The lowest BCUT2D eigenvalue weighted by atomic mass is 9.94. The molecule has 0 saturated heterocycles. The summed E-state index contributed by atoms with van der Waals surface area (Å²) in [5.41, 5.74) is 1.23. The van der Waals surface area contributed by atoms with Gasteiger partial charge in [0.25, 0.3) is 0 Å². The Balaban J connectivity index is 2.00. The van der Waals surface area contributed by atoms with Gasteiger partial charge in [0.05, 0.1) is 6.54 Å². The van der Waals surface area contributed by atoms with E-state index in [2.05, 4.69) is 60.6 Å². The number of hydrogen-bond acceptors (Lipinski definition) is 4. The zero-order chi connectivity index (χ0) is 13.0. The van der Waals surface area contributed by atoms with Gasteiger partial charge in [0.2, 0.25) is 0 Å². The first-order chi connectivity index (χ1) is 8.62. The van der Waals surface area contributed by atoms with Crippen LogP contribution in [0, 0.1) is 0 Å². The number of nitrogens with one attached hydrogen (secondary N) is 1. The highest BCUT2D eigenvalue weighted by Crippen LogP contribution is 2.20. The minimum absolute atomic E-state index is 0.0562. The molecule has 96 valence electrons. The molecule has 0 spiro atoms. The van der Waals surface area contributed by atoms with Crippen molar-refractivity contribution in [1.29, 1.82) is 0 Å². The highest BCUT2D eigenvalue weighted by atomic mass is 32.1. The molecule has 1 heterocycles. The molecule has 2 rings (SSSR count). The van der Waals surface area contributed by atoms with Crippen LogP contribution in [0.3, 0.4) is 0 Å². The predicted octanol–water partition coefficient (Wildman–Crippen LogP) is 3.13. The molecular formula is C14H19N3S. The Hall–Kier alpha value is -1.26. The maximum Gasteiger partial charge on any atom is 0.131 e. The molecule has 0 fully saturated rings. The minimum Gasteiger partial charge on any atom is -0.301 e. The number of benzene rings is 1. The molecule has 0 saturated carbocycles. The molecule has 0 atom stereocenters. The molecule has 0 unspecified atom stereocenters. The summed E-state index contributed by atoms with van der Waals surface area (Å²) in [4.78, 5) is 0. The van der Waals surface area contributed by atoms with E-state index in [-0.39, 0.29) is 5.54 Å². The van der Waals surface area contributed by atoms with Crippen LogP contribution in [0.15, 0.2) is 30.3 Å². The van der Waals surface area contributed by atoms with Crippen molar-refractivity contribution in [3.8, 4) is 0 Å². The molecule has 18 heavy (non-hydrogen) atoms. The molecular weight excluding hydrogens is 242 g/mol. The van der Waals surface area contributed by atoms with E-state index in [0.29, 0.717) is 0 Å². The summed E-state index contributed by atoms with van der Waals surface area (Å²) in [6.07, 6.45) is 0.958. The second kappa shape index (κ2) is 5.59. The van der Waals surface area contributed by atoms with E-state index in [4.69, 9.17) is 0 Å². The van der Waals surface area contributed by atoms with E-state index in [1.54, 1.807) is 11.3 Å². The van der Waals surface area contributed by atoms with Crippen LogP contribution in [0.4, 0.5) is 0 Å². The monoisotopic (exact) mass is 261 g/mol. The second-order valence-electron chi connectivity index (χ2n) is 4.79. The van der Waals surface area contributed by atoms with Crippen molar-refractivity contribution >= 4 is 11.3 Å².